The van der Waals surface area contributed by atoms with Gasteiger partial charge in [0.25, 0.3) is 0 Å². The normalized spacial score (nSPS) is 23.3. The average molecular weight is 401 g/mol. The van der Waals surface area contributed by atoms with Crippen LogP contribution in [-0.4, -0.2) is 46.9 Å². The van der Waals surface area contributed by atoms with Gasteiger partial charge in [0.1, 0.15) is 5.75 Å². The van der Waals surface area contributed by atoms with Gasteiger partial charge in [-0.25, -0.2) is 4.68 Å². The number of benzene rings is 1. The SMILES string of the molecule is Cn1cc(-c2ccc(-c3cc4cnn([C@@H]5C[C@H]6CC[C@@H](C5)N6)c4nn3)c(O)c2)cn1. The summed E-state index contributed by atoms with van der Waals surface area (Å²) in [6.45, 7) is 0. The molecule has 3 aromatic heterocycles. The van der Waals surface area contributed by atoms with Gasteiger partial charge in [-0.3, -0.25) is 4.68 Å². The Labute approximate surface area is 173 Å². The third-order valence-electron chi connectivity index (χ3n) is 6.45. The molecule has 2 aliphatic heterocycles. The molecule has 2 aliphatic rings. The van der Waals surface area contributed by atoms with Gasteiger partial charge < -0.3 is 10.4 Å². The number of nitrogens with zero attached hydrogens (tertiary/aromatic N) is 6. The first kappa shape index (κ1) is 17.6. The summed E-state index contributed by atoms with van der Waals surface area (Å²) in [6.07, 6.45) is 10.2. The van der Waals surface area contributed by atoms with E-state index >= 15 is 0 Å². The van der Waals surface area contributed by atoms with Crippen LogP contribution in [0, 0.1) is 0 Å². The van der Waals surface area contributed by atoms with Crippen molar-refractivity contribution in [2.24, 2.45) is 7.05 Å². The monoisotopic (exact) mass is 401 g/mol. The Kier molecular flexibility index (Phi) is 3.89. The van der Waals surface area contributed by atoms with E-state index in [-0.39, 0.29) is 5.75 Å². The number of fused-ring (bicyclic) bond motifs is 3. The highest BCUT2D eigenvalue weighted by Gasteiger charge is 2.35. The average Bonchev–Trinajstić information content (AvgIpc) is 3.45. The molecule has 0 spiro atoms. The zero-order valence-electron chi connectivity index (χ0n) is 16.7. The summed E-state index contributed by atoms with van der Waals surface area (Å²) in [4.78, 5) is 0. The molecule has 2 bridgehead atoms. The maximum atomic E-state index is 10.6. The quantitative estimate of drug-likeness (QED) is 0.548. The molecule has 3 atom stereocenters. The lowest BCUT2D eigenvalue weighted by molar-refractivity contribution is 0.286. The molecule has 0 aliphatic carbocycles. The van der Waals surface area contributed by atoms with Crippen molar-refractivity contribution in [2.75, 3.05) is 0 Å². The highest BCUT2D eigenvalue weighted by Crippen LogP contribution is 2.36. The summed E-state index contributed by atoms with van der Waals surface area (Å²) in [5.74, 6) is 0.173. The molecule has 0 amide bonds. The van der Waals surface area contributed by atoms with Gasteiger partial charge in [0.2, 0.25) is 0 Å². The van der Waals surface area contributed by atoms with E-state index in [1.807, 2.05) is 42.3 Å². The Hall–Kier alpha value is -3.26. The first-order valence-corrected chi connectivity index (χ1v) is 10.4. The molecule has 1 aromatic carbocycles. The number of piperidine rings is 1. The van der Waals surface area contributed by atoms with Crippen molar-refractivity contribution < 1.29 is 5.11 Å². The number of hydrogen-bond acceptors (Lipinski definition) is 6. The van der Waals surface area contributed by atoms with Crippen molar-refractivity contribution in [2.45, 2.75) is 43.8 Å². The minimum absolute atomic E-state index is 0.173. The number of hydrogen-bond donors (Lipinski definition) is 2. The summed E-state index contributed by atoms with van der Waals surface area (Å²) in [7, 11) is 1.87. The highest BCUT2D eigenvalue weighted by atomic mass is 16.3. The van der Waals surface area contributed by atoms with Crippen molar-refractivity contribution >= 4 is 11.0 Å². The van der Waals surface area contributed by atoms with Gasteiger partial charge in [0, 0.05) is 41.8 Å². The summed E-state index contributed by atoms with van der Waals surface area (Å²) in [5, 5.41) is 33.0. The van der Waals surface area contributed by atoms with Gasteiger partial charge in [-0.2, -0.15) is 10.2 Å². The Balaban J connectivity index is 1.33. The topological polar surface area (TPSA) is 93.7 Å². The van der Waals surface area contributed by atoms with Gasteiger partial charge in [-0.1, -0.05) is 6.07 Å². The molecule has 0 radical (unpaired) electrons. The van der Waals surface area contributed by atoms with E-state index in [1.54, 1.807) is 16.9 Å². The number of aromatic hydroxyl groups is 1. The molecule has 8 heteroatoms. The molecule has 5 heterocycles. The lowest BCUT2D eigenvalue weighted by atomic mass is 10.00. The predicted octanol–water partition coefficient (Wildman–Crippen LogP) is 3.05. The molecule has 30 heavy (non-hydrogen) atoms. The first-order chi connectivity index (χ1) is 14.6. The van der Waals surface area contributed by atoms with Crippen molar-refractivity contribution in [1.82, 2.24) is 35.1 Å². The lowest BCUT2D eigenvalue weighted by Crippen LogP contribution is -2.39. The van der Waals surface area contributed by atoms with Crippen molar-refractivity contribution in [3.05, 3.63) is 42.9 Å². The Morgan fingerprint density at radius 1 is 1.00 bits per heavy atom. The zero-order valence-corrected chi connectivity index (χ0v) is 16.7. The molecule has 4 aromatic rings. The van der Waals surface area contributed by atoms with Crippen LogP contribution >= 0.6 is 0 Å². The first-order valence-electron chi connectivity index (χ1n) is 10.4. The fourth-order valence-corrected chi connectivity index (χ4v) is 4.98. The number of rotatable bonds is 3. The third-order valence-corrected chi connectivity index (χ3v) is 6.45. The molecule has 0 unspecified atom stereocenters. The van der Waals surface area contributed by atoms with Crippen LogP contribution in [0.5, 0.6) is 5.75 Å². The number of aromatic nitrogens is 6. The molecule has 2 N–H and O–H groups in total. The van der Waals surface area contributed by atoms with Crippen LogP contribution < -0.4 is 5.32 Å². The van der Waals surface area contributed by atoms with Crippen LogP contribution in [0.3, 0.4) is 0 Å². The molecule has 6 rings (SSSR count). The van der Waals surface area contributed by atoms with Crippen LogP contribution in [0.2, 0.25) is 0 Å². The number of aryl methyl sites for hydroxylation is 1. The molecular formula is C22H23N7O. The Morgan fingerprint density at radius 3 is 2.57 bits per heavy atom. The van der Waals surface area contributed by atoms with E-state index in [0.717, 1.165) is 35.0 Å². The zero-order chi connectivity index (χ0) is 20.2. The maximum absolute atomic E-state index is 10.6. The van der Waals surface area contributed by atoms with E-state index < -0.39 is 0 Å². The Bertz CT molecular complexity index is 1230. The summed E-state index contributed by atoms with van der Waals surface area (Å²) in [5.41, 5.74) is 3.98. The number of phenolic OH excluding ortho intramolecular Hbond substituents is 1. The predicted molar refractivity (Wildman–Crippen MR) is 113 cm³/mol. The second kappa shape index (κ2) is 6.63. The Morgan fingerprint density at radius 2 is 1.83 bits per heavy atom. The van der Waals surface area contributed by atoms with Gasteiger partial charge >= 0.3 is 0 Å². The number of nitrogens with one attached hydrogen (secondary N) is 1. The minimum Gasteiger partial charge on any atom is -0.507 e. The van der Waals surface area contributed by atoms with Gasteiger partial charge in [-0.05, 0) is 49.4 Å². The molecule has 8 nitrogen and oxygen atoms in total. The van der Waals surface area contributed by atoms with E-state index in [4.69, 9.17) is 0 Å². The largest absolute Gasteiger partial charge is 0.507 e. The second-order valence-electron chi connectivity index (χ2n) is 8.50. The minimum atomic E-state index is 0.173. The van der Waals surface area contributed by atoms with Crippen LogP contribution in [-0.2, 0) is 7.05 Å². The fourth-order valence-electron chi connectivity index (χ4n) is 4.98. The van der Waals surface area contributed by atoms with E-state index in [9.17, 15) is 5.11 Å². The summed E-state index contributed by atoms with van der Waals surface area (Å²) >= 11 is 0. The maximum Gasteiger partial charge on any atom is 0.180 e. The molecule has 152 valence electrons. The molecule has 2 saturated heterocycles. The van der Waals surface area contributed by atoms with E-state index in [2.05, 4.69) is 25.7 Å². The molecular weight excluding hydrogens is 378 g/mol. The van der Waals surface area contributed by atoms with Crippen LogP contribution in [0.25, 0.3) is 33.4 Å². The van der Waals surface area contributed by atoms with Crippen molar-refractivity contribution in [1.29, 1.82) is 0 Å². The van der Waals surface area contributed by atoms with Crippen molar-refractivity contribution in [3.8, 4) is 28.1 Å². The summed E-state index contributed by atoms with van der Waals surface area (Å²) < 4.78 is 3.79. The van der Waals surface area contributed by atoms with E-state index in [0.29, 0.717) is 29.4 Å². The van der Waals surface area contributed by atoms with Crippen LogP contribution in [0.1, 0.15) is 31.7 Å². The lowest BCUT2D eigenvalue weighted by Gasteiger charge is -2.29. The summed E-state index contributed by atoms with van der Waals surface area (Å²) in [6, 6.07) is 9.10. The molecule has 2 fully saturated rings. The van der Waals surface area contributed by atoms with Crippen molar-refractivity contribution in [3.63, 3.8) is 0 Å². The van der Waals surface area contributed by atoms with Gasteiger partial charge in [-0.15, -0.1) is 10.2 Å². The van der Waals surface area contributed by atoms with Gasteiger partial charge in [0.05, 0.1) is 24.1 Å². The third kappa shape index (κ3) is 2.87. The fraction of sp³-hybridized carbons (Fsp3) is 0.364. The number of phenols is 1. The van der Waals surface area contributed by atoms with Gasteiger partial charge in [0.15, 0.2) is 5.65 Å². The standard InChI is InChI=1S/C22H23N7O/c1-28-12-15(11-23-28)13-2-5-19(21(30)7-13)20-6-14-10-24-29(22(14)27-26-20)18-8-16-3-4-17(9-18)25-16/h2,5-7,10-12,16-18,25,30H,3-4,8-9H2,1H3/t16-,17+,18-. The van der Waals surface area contributed by atoms with E-state index in [1.165, 1.54) is 12.8 Å². The van der Waals surface area contributed by atoms with Crippen LogP contribution in [0.15, 0.2) is 42.9 Å². The smallest absolute Gasteiger partial charge is 0.180 e. The molecule has 0 saturated carbocycles. The van der Waals surface area contributed by atoms with Crippen LogP contribution in [0.4, 0.5) is 0 Å². The highest BCUT2D eigenvalue weighted by molar-refractivity contribution is 5.81. The second-order valence-corrected chi connectivity index (χ2v) is 8.50.